The fraction of sp³-hybridized carbons (Fsp3) is 0.667. The molecule has 20 heavy (non-hydrogen) atoms. The number of rotatable bonds is 10. The van der Waals surface area contributed by atoms with Crippen molar-refractivity contribution >= 4 is 11.6 Å². The highest BCUT2D eigenvalue weighted by Gasteiger charge is 2.31. The Morgan fingerprint density at radius 2 is 1.70 bits per heavy atom. The molecule has 1 aliphatic rings. The minimum Gasteiger partial charge on any atom is -0.310 e. The lowest BCUT2D eigenvalue weighted by atomic mass is 10.0. The average Bonchev–Trinajstić information content (AvgIpc) is 3.28. The van der Waals surface area contributed by atoms with Gasteiger partial charge in [0.15, 0.2) is 0 Å². The maximum Gasteiger partial charge on any atom is 0.0406 e. The Kier molecular flexibility index (Phi) is 6.89. The van der Waals surface area contributed by atoms with Crippen LogP contribution in [0.3, 0.4) is 0 Å². The van der Waals surface area contributed by atoms with E-state index in [1.807, 2.05) is 12.1 Å². The van der Waals surface area contributed by atoms with Crippen molar-refractivity contribution in [1.82, 2.24) is 5.32 Å². The second-order valence-corrected chi connectivity index (χ2v) is 6.52. The summed E-state index contributed by atoms with van der Waals surface area (Å²) < 4.78 is 0. The Morgan fingerprint density at radius 3 is 2.35 bits per heavy atom. The maximum atomic E-state index is 5.98. The summed E-state index contributed by atoms with van der Waals surface area (Å²) in [6.45, 7) is 3.42. The molecule has 0 spiro atoms. The van der Waals surface area contributed by atoms with E-state index >= 15 is 0 Å². The Labute approximate surface area is 129 Å². The molecule has 1 aromatic rings. The van der Waals surface area contributed by atoms with Crippen LogP contribution in [0, 0.1) is 5.92 Å². The van der Waals surface area contributed by atoms with Crippen molar-refractivity contribution in [3.8, 4) is 0 Å². The number of nitrogens with one attached hydrogen (secondary N) is 1. The van der Waals surface area contributed by atoms with Gasteiger partial charge in [-0.15, -0.1) is 0 Å². The largest absolute Gasteiger partial charge is 0.310 e. The van der Waals surface area contributed by atoms with Crippen LogP contribution in [0.5, 0.6) is 0 Å². The molecule has 2 heteroatoms. The zero-order valence-corrected chi connectivity index (χ0v) is 13.5. The topological polar surface area (TPSA) is 12.0 Å². The molecular formula is C18H28ClN. The fourth-order valence-corrected chi connectivity index (χ4v) is 2.95. The molecule has 0 bridgehead atoms. The van der Waals surface area contributed by atoms with Crippen LogP contribution in [0.25, 0.3) is 0 Å². The molecule has 0 aliphatic heterocycles. The first-order valence-electron chi connectivity index (χ1n) is 8.30. The summed E-state index contributed by atoms with van der Waals surface area (Å²) >= 11 is 5.98. The third-order valence-corrected chi connectivity index (χ3v) is 4.47. The van der Waals surface area contributed by atoms with E-state index in [0.29, 0.717) is 6.04 Å². The van der Waals surface area contributed by atoms with Crippen molar-refractivity contribution in [1.29, 1.82) is 0 Å². The molecule has 0 saturated heterocycles. The first-order valence-corrected chi connectivity index (χ1v) is 8.68. The normalized spacial score (nSPS) is 16.3. The van der Waals surface area contributed by atoms with Gasteiger partial charge in [-0.05, 0) is 49.4 Å². The second-order valence-electron chi connectivity index (χ2n) is 6.09. The third-order valence-electron chi connectivity index (χ3n) is 4.22. The highest BCUT2D eigenvalue weighted by atomic mass is 35.5. The van der Waals surface area contributed by atoms with Crippen LogP contribution in [0.2, 0.25) is 5.02 Å². The molecule has 0 radical (unpaired) electrons. The van der Waals surface area contributed by atoms with E-state index in [1.54, 1.807) is 0 Å². The Hall–Kier alpha value is -0.530. The van der Waals surface area contributed by atoms with Crippen LogP contribution >= 0.6 is 11.6 Å². The summed E-state index contributed by atoms with van der Waals surface area (Å²) in [5.74, 6) is 0.844. The molecule has 2 rings (SSSR count). The van der Waals surface area contributed by atoms with E-state index in [1.165, 1.54) is 56.9 Å². The Balaban J connectivity index is 1.69. The molecule has 1 atom stereocenters. The van der Waals surface area contributed by atoms with Crippen LogP contribution in [0.4, 0.5) is 0 Å². The monoisotopic (exact) mass is 293 g/mol. The van der Waals surface area contributed by atoms with E-state index < -0.39 is 0 Å². The lowest BCUT2D eigenvalue weighted by Gasteiger charge is -2.19. The van der Waals surface area contributed by atoms with Gasteiger partial charge in [-0.1, -0.05) is 62.8 Å². The van der Waals surface area contributed by atoms with Crippen molar-refractivity contribution in [2.45, 2.75) is 64.3 Å². The summed E-state index contributed by atoms with van der Waals surface area (Å²) in [4.78, 5) is 0. The van der Waals surface area contributed by atoms with Crippen molar-refractivity contribution in [2.75, 3.05) is 6.54 Å². The maximum absolute atomic E-state index is 5.98. The second kappa shape index (κ2) is 8.69. The first-order chi connectivity index (χ1) is 9.81. The van der Waals surface area contributed by atoms with E-state index in [0.717, 1.165) is 17.5 Å². The Morgan fingerprint density at radius 1 is 1.05 bits per heavy atom. The van der Waals surface area contributed by atoms with Crippen molar-refractivity contribution in [3.05, 3.63) is 34.9 Å². The van der Waals surface area contributed by atoms with Crippen LogP contribution < -0.4 is 5.32 Å². The number of hydrogen-bond donors (Lipinski definition) is 1. The van der Waals surface area contributed by atoms with Crippen molar-refractivity contribution < 1.29 is 0 Å². The highest BCUT2D eigenvalue weighted by molar-refractivity contribution is 6.30. The summed E-state index contributed by atoms with van der Waals surface area (Å²) in [6.07, 6.45) is 10.9. The molecule has 1 N–H and O–H groups in total. The zero-order valence-electron chi connectivity index (χ0n) is 12.7. The van der Waals surface area contributed by atoms with Crippen LogP contribution in [0.15, 0.2) is 24.3 Å². The first kappa shape index (κ1) is 15.9. The smallest absolute Gasteiger partial charge is 0.0406 e. The zero-order chi connectivity index (χ0) is 14.2. The molecule has 1 fully saturated rings. The van der Waals surface area contributed by atoms with Crippen LogP contribution in [-0.4, -0.2) is 6.54 Å². The minimum absolute atomic E-state index is 0.544. The summed E-state index contributed by atoms with van der Waals surface area (Å²) in [5.41, 5.74) is 1.41. The lowest BCUT2D eigenvalue weighted by Crippen LogP contribution is -2.24. The van der Waals surface area contributed by atoms with E-state index in [4.69, 9.17) is 11.6 Å². The number of benzene rings is 1. The molecule has 0 heterocycles. The van der Waals surface area contributed by atoms with Crippen molar-refractivity contribution in [2.24, 2.45) is 5.92 Å². The minimum atomic E-state index is 0.544. The van der Waals surface area contributed by atoms with Gasteiger partial charge in [0.05, 0.1) is 0 Å². The molecule has 112 valence electrons. The van der Waals surface area contributed by atoms with Gasteiger partial charge in [0.25, 0.3) is 0 Å². The molecule has 1 nitrogen and oxygen atoms in total. The fourth-order valence-electron chi connectivity index (χ4n) is 2.82. The standard InChI is InChI=1S/C18H28ClN/c1-2-3-4-5-6-7-14-20-18(15-8-9-15)16-10-12-17(19)13-11-16/h10-13,15,18,20H,2-9,14H2,1H3. The van der Waals surface area contributed by atoms with Gasteiger partial charge in [0, 0.05) is 11.1 Å². The highest BCUT2D eigenvalue weighted by Crippen LogP contribution is 2.41. The summed E-state index contributed by atoms with van der Waals surface area (Å²) in [7, 11) is 0. The van der Waals surface area contributed by atoms with Crippen molar-refractivity contribution in [3.63, 3.8) is 0 Å². The SMILES string of the molecule is CCCCCCCCNC(c1ccc(Cl)cc1)C1CC1. The summed E-state index contributed by atoms with van der Waals surface area (Å²) in [6, 6.07) is 8.93. The van der Waals surface area contributed by atoms with Gasteiger partial charge in [0.1, 0.15) is 0 Å². The van der Waals surface area contributed by atoms with Gasteiger partial charge >= 0.3 is 0 Å². The predicted molar refractivity (Wildman–Crippen MR) is 88.3 cm³/mol. The molecule has 1 aliphatic carbocycles. The predicted octanol–water partition coefficient (Wildman–Crippen LogP) is 5.74. The molecule has 0 amide bonds. The number of hydrogen-bond acceptors (Lipinski definition) is 1. The summed E-state index contributed by atoms with van der Waals surface area (Å²) in [5, 5.41) is 4.60. The van der Waals surface area contributed by atoms with Gasteiger partial charge in [-0.2, -0.15) is 0 Å². The van der Waals surface area contributed by atoms with E-state index in [-0.39, 0.29) is 0 Å². The quantitative estimate of drug-likeness (QED) is 0.542. The Bertz CT molecular complexity index is 370. The van der Waals surface area contributed by atoms with Gasteiger partial charge < -0.3 is 5.32 Å². The van der Waals surface area contributed by atoms with Crippen LogP contribution in [0.1, 0.15) is 69.9 Å². The molecule has 1 saturated carbocycles. The lowest BCUT2D eigenvalue weighted by molar-refractivity contribution is 0.464. The molecular weight excluding hydrogens is 266 g/mol. The van der Waals surface area contributed by atoms with E-state index in [9.17, 15) is 0 Å². The van der Waals surface area contributed by atoms with Gasteiger partial charge in [0.2, 0.25) is 0 Å². The van der Waals surface area contributed by atoms with Gasteiger partial charge in [-0.25, -0.2) is 0 Å². The number of halogens is 1. The van der Waals surface area contributed by atoms with E-state index in [2.05, 4.69) is 24.4 Å². The molecule has 0 aromatic heterocycles. The number of unbranched alkanes of at least 4 members (excludes halogenated alkanes) is 5. The van der Waals surface area contributed by atoms with Gasteiger partial charge in [-0.3, -0.25) is 0 Å². The third kappa shape index (κ3) is 5.46. The molecule has 1 unspecified atom stereocenters. The molecule has 1 aromatic carbocycles. The average molecular weight is 294 g/mol. The van der Waals surface area contributed by atoms with Crippen LogP contribution in [-0.2, 0) is 0 Å².